The molecular formula is C16H28IN5O2. The second-order valence-electron chi connectivity index (χ2n) is 5.52. The van der Waals surface area contributed by atoms with Crippen molar-refractivity contribution in [3.63, 3.8) is 0 Å². The molecule has 0 amide bonds. The van der Waals surface area contributed by atoms with Gasteiger partial charge in [-0.3, -0.25) is 14.5 Å². The number of rotatable bonds is 6. The van der Waals surface area contributed by atoms with E-state index in [1.807, 2.05) is 23.9 Å². The number of hydrogen-bond donors (Lipinski definition) is 1. The third-order valence-corrected chi connectivity index (χ3v) is 3.90. The summed E-state index contributed by atoms with van der Waals surface area (Å²) < 4.78 is 6.99. The Hall–Kier alpha value is -1.32. The number of halogens is 1. The van der Waals surface area contributed by atoms with Crippen LogP contribution in [0.4, 0.5) is 0 Å². The molecule has 136 valence electrons. The summed E-state index contributed by atoms with van der Waals surface area (Å²) in [6.45, 7) is 8.31. The van der Waals surface area contributed by atoms with Crippen molar-refractivity contribution in [2.45, 2.75) is 33.2 Å². The van der Waals surface area contributed by atoms with Crippen LogP contribution in [0.5, 0.6) is 0 Å². The quantitative estimate of drug-likeness (QED) is 0.310. The molecule has 7 nitrogen and oxygen atoms in total. The van der Waals surface area contributed by atoms with Gasteiger partial charge in [-0.15, -0.1) is 24.0 Å². The van der Waals surface area contributed by atoms with Crippen molar-refractivity contribution < 1.29 is 9.53 Å². The SMILES string of the molecule is CCNC(=NCCn1cccn1)N1CCC(C(=O)OCC)CC1.I. The lowest BCUT2D eigenvalue weighted by Crippen LogP contribution is -2.46. The van der Waals surface area contributed by atoms with Crippen LogP contribution in [0.3, 0.4) is 0 Å². The molecule has 0 atom stereocenters. The summed E-state index contributed by atoms with van der Waals surface area (Å²) in [6, 6.07) is 1.91. The van der Waals surface area contributed by atoms with Crippen LogP contribution in [0.1, 0.15) is 26.7 Å². The Balaban J connectivity index is 0.00000288. The molecular weight excluding hydrogens is 421 g/mol. The Morgan fingerprint density at radius 1 is 1.38 bits per heavy atom. The predicted octanol–water partition coefficient (Wildman–Crippen LogP) is 1.74. The molecule has 1 N–H and O–H groups in total. The van der Waals surface area contributed by atoms with E-state index >= 15 is 0 Å². The van der Waals surface area contributed by atoms with Crippen molar-refractivity contribution in [1.82, 2.24) is 20.0 Å². The number of carbonyl (C=O) groups is 1. The number of aromatic nitrogens is 2. The molecule has 0 saturated carbocycles. The highest BCUT2D eigenvalue weighted by atomic mass is 127. The lowest BCUT2D eigenvalue weighted by Gasteiger charge is -2.33. The summed E-state index contributed by atoms with van der Waals surface area (Å²) in [4.78, 5) is 18.7. The van der Waals surface area contributed by atoms with Crippen molar-refractivity contribution in [1.29, 1.82) is 0 Å². The van der Waals surface area contributed by atoms with Gasteiger partial charge in [0.05, 0.1) is 25.6 Å². The molecule has 0 radical (unpaired) electrons. The van der Waals surface area contributed by atoms with E-state index in [0.717, 1.165) is 45.0 Å². The van der Waals surface area contributed by atoms with Crippen LogP contribution in [0.25, 0.3) is 0 Å². The molecule has 1 aliphatic rings. The molecule has 0 bridgehead atoms. The first kappa shape index (κ1) is 20.7. The molecule has 1 aromatic heterocycles. The van der Waals surface area contributed by atoms with Gasteiger partial charge in [-0.1, -0.05) is 0 Å². The number of piperidine rings is 1. The van der Waals surface area contributed by atoms with Crippen LogP contribution in [0.2, 0.25) is 0 Å². The minimum atomic E-state index is -0.0622. The normalized spacial score (nSPS) is 15.8. The lowest BCUT2D eigenvalue weighted by molar-refractivity contribution is -0.149. The molecule has 1 aromatic rings. The number of carbonyl (C=O) groups excluding carboxylic acids is 1. The molecule has 0 aliphatic carbocycles. The molecule has 0 spiro atoms. The first-order valence-electron chi connectivity index (χ1n) is 8.42. The molecule has 0 aromatic carbocycles. The number of esters is 1. The van der Waals surface area contributed by atoms with E-state index < -0.39 is 0 Å². The monoisotopic (exact) mass is 449 g/mol. The third kappa shape index (κ3) is 6.29. The van der Waals surface area contributed by atoms with Crippen LogP contribution in [-0.2, 0) is 16.1 Å². The smallest absolute Gasteiger partial charge is 0.309 e. The first-order chi connectivity index (χ1) is 11.2. The maximum absolute atomic E-state index is 11.8. The maximum atomic E-state index is 11.8. The average Bonchev–Trinajstić information content (AvgIpc) is 3.08. The lowest BCUT2D eigenvalue weighted by atomic mass is 9.97. The van der Waals surface area contributed by atoms with Crippen molar-refractivity contribution in [2.75, 3.05) is 32.8 Å². The Labute approximate surface area is 160 Å². The van der Waals surface area contributed by atoms with Crippen LogP contribution in [0.15, 0.2) is 23.5 Å². The van der Waals surface area contributed by atoms with Crippen LogP contribution >= 0.6 is 24.0 Å². The van der Waals surface area contributed by atoms with Gasteiger partial charge in [0.15, 0.2) is 5.96 Å². The number of likely N-dealkylation sites (tertiary alicyclic amines) is 1. The first-order valence-corrected chi connectivity index (χ1v) is 8.42. The largest absolute Gasteiger partial charge is 0.466 e. The minimum Gasteiger partial charge on any atom is -0.466 e. The number of aliphatic imine (C=N–C) groups is 1. The van der Waals surface area contributed by atoms with E-state index in [1.165, 1.54) is 0 Å². The van der Waals surface area contributed by atoms with Gasteiger partial charge in [-0.05, 0) is 32.8 Å². The predicted molar refractivity (Wildman–Crippen MR) is 105 cm³/mol. The Kier molecular flexibility index (Phi) is 9.73. The van der Waals surface area contributed by atoms with Crippen molar-refractivity contribution in [3.05, 3.63) is 18.5 Å². The fourth-order valence-electron chi connectivity index (χ4n) is 2.70. The van der Waals surface area contributed by atoms with E-state index in [4.69, 9.17) is 4.74 Å². The van der Waals surface area contributed by atoms with Gasteiger partial charge < -0.3 is 15.0 Å². The minimum absolute atomic E-state index is 0. The molecule has 1 fully saturated rings. The zero-order chi connectivity index (χ0) is 16.5. The highest BCUT2D eigenvalue weighted by molar-refractivity contribution is 14.0. The standard InChI is InChI=1S/C16H27N5O2.HI/c1-3-17-16(18-9-13-21-10-5-8-19-21)20-11-6-14(7-12-20)15(22)23-4-2;/h5,8,10,14H,3-4,6-7,9,11-13H2,1-2H3,(H,17,18);1H. The van der Waals surface area contributed by atoms with Gasteiger partial charge in [0.1, 0.15) is 0 Å². The fraction of sp³-hybridized carbons (Fsp3) is 0.688. The van der Waals surface area contributed by atoms with Gasteiger partial charge in [-0.2, -0.15) is 5.10 Å². The van der Waals surface area contributed by atoms with E-state index in [2.05, 4.69) is 27.2 Å². The summed E-state index contributed by atoms with van der Waals surface area (Å²) in [7, 11) is 0. The molecule has 2 heterocycles. The number of nitrogens with one attached hydrogen (secondary N) is 1. The number of guanidine groups is 1. The third-order valence-electron chi connectivity index (χ3n) is 3.90. The average molecular weight is 449 g/mol. The van der Waals surface area contributed by atoms with E-state index in [9.17, 15) is 4.79 Å². The van der Waals surface area contributed by atoms with Crippen LogP contribution in [-0.4, -0.2) is 59.4 Å². The fourth-order valence-corrected chi connectivity index (χ4v) is 2.70. The maximum Gasteiger partial charge on any atom is 0.309 e. The Morgan fingerprint density at radius 2 is 2.12 bits per heavy atom. The van der Waals surface area contributed by atoms with Crippen molar-refractivity contribution >= 4 is 35.9 Å². The van der Waals surface area contributed by atoms with Gasteiger partial charge in [-0.25, -0.2) is 0 Å². The second kappa shape index (κ2) is 11.3. The molecule has 0 unspecified atom stereocenters. The summed E-state index contributed by atoms with van der Waals surface area (Å²) in [6.07, 6.45) is 5.35. The Bertz CT molecular complexity index is 499. The molecule has 1 saturated heterocycles. The summed E-state index contributed by atoms with van der Waals surface area (Å²) in [5.74, 6) is 0.882. The number of nitrogens with zero attached hydrogens (tertiary/aromatic N) is 4. The van der Waals surface area contributed by atoms with Gasteiger partial charge in [0.2, 0.25) is 0 Å². The molecule has 8 heteroatoms. The highest BCUT2D eigenvalue weighted by Crippen LogP contribution is 2.18. The molecule has 1 aliphatic heterocycles. The second-order valence-corrected chi connectivity index (χ2v) is 5.52. The van der Waals surface area contributed by atoms with E-state index in [0.29, 0.717) is 13.2 Å². The topological polar surface area (TPSA) is 71.8 Å². The summed E-state index contributed by atoms with van der Waals surface area (Å²) in [5.41, 5.74) is 0. The zero-order valence-electron chi connectivity index (χ0n) is 14.5. The highest BCUT2D eigenvalue weighted by Gasteiger charge is 2.27. The van der Waals surface area contributed by atoms with Gasteiger partial charge in [0, 0.05) is 32.0 Å². The summed E-state index contributed by atoms with van der Waals surface area (Å²) in [5, 5.41) is 7.51. The summed E-state index contributed by atoms with van der Waals surface area (Å²) >= 11 is 0. The van der Waals surface area contributed by atoms with Crippen molar-refractivity contribution in [3.8, 4) is 0 Å². The van der Waals surface area contributed by atoms with Crippen molar-refractivity contribution in [2.24, 2.45) is 10.9 Å². The zero-order valence-corrected chi connectivity index (χ0v) is 16.8. The van der Waals surface area contributed by atoms with Crippen LogP contribution in [0, 0.1) is 5.92 Å². The molecule has 24 heavy (non-hydrogen) atoms. The van der Waals surface area contributed by atoms with E-state index in [-0.39, 0.29) is 35.9 Å². The molecule has 2 rings (SSSR count). The Morgan fingerprint density at radius 3 is 2.71 bits per heavy atom. The van der Waals surface area contributed by atoms with Crippen LogP contribution < -0.4 is 5.32 Å². The van der Waals surface area contributed by atoms with Gasteiger partial charge >= 0.3 is 5.97 Å². The van der Waals surface area contributed by atoms with Gasteiger partial charge in [0.25, 0.3) is 0 Å². The van der Waals surface area contributed by atoms with E-state index in [1.54, 1.807) is 6.20 Å². The number of hydrogen-bond acceptors (Lipinski definition) is 4. The number of ether oxygens (including phenoxy) is 1.